The van der Waals surface area contributed by atoms with E-state index in [1.807, 2.05) is 6.07 Å². The van der Waals surface area contributed by atoms with Gasteiger partial charge in [0.15, 0.2) is 0 Å². The molecule has 1 unspecified atom stereocenters. The van der Waals surface area contributed by atoms with Crippen molar-refractivity contribution < 1.29 is 19.1 Å². The normalized spacial score (nSPS) is 15.4. The predicted molar refractivity (Wildman–Crippen MR) is 110 cm³/mol. The smallest absolute Gasteiger partial charge is 0.272 e. The first-order valence-corrected chi connectivity index (χ1v) is 8.87. The first kappa shape index (κ1) is 19.9. The summed E-state index contributed by atoms with van der Waals surface area (Å²) in [7, 11) is 1.47. The van der Waals surface area contributed by atoms with Gasteiger partial charge in [0.25, 0.3) is 5.91 Å². The lowest BCUT2D eigenvalue weighted by Crippen LogP contribution is -2.39. The molecule has 0 bridgehead atoms. The van der Waals surface area contributed by atoms with E-state index in [0.717, 1.165) is 0 Å². The molecule has 1 aliphatic rings. The zero-order chi connectivity index (χ0) is 21.0. The molecule has 1 atom stereocenters. The average Bonchev–Trinajstić information content (AvgIpc) is 3.14. The third-order valence-electron chi connectivity index (χ3n) is 4.29. The van der Waals surface area contributed by atoms with Crippen LogP contribution in [0.4, 0.5) is 17.1 Å². The van der Waals surface area contributed by atoms with Crippen LogP contribution < -0.4 is 26.1 Å². The Morgan fingerprint density at radius 3 is 2.48 bits per heavy atom. The molecule has 9 heteroatoms. The summed E-state index contributed by atoms with van der Waals surface area (Å²) in [6.45, 7) is 1.39. The van der Waals surface area contributed by atoms with Gasteiger partial charge in [-0.05, 0) is 30.3 Å². The maximum atomic E-state index is 12.8. The van der Waals surface area contributed by atoms with Crippen molar-refractivity contribution in [2.75, 3.05) is 22.8 Å². The summed E-state index contributed by atoms with van der Waals surface area (Å²) in [6, 6.07) is 13.1. The highest BCUT2D eigenvalue weighted by molar-refractivity contribution is 6.44. The van der Waals surface area contributed by atoms with Crippen LogP contribution in [0.15, 0.2) is 53.6 Å². The van der Waals surface area contributed by atoms with Crippen molar-refractivity contribution in [1.29, 1.82) is 0 Å². The molecular weight excluding hydrogens is 374 g/mol. The molecule has 3 rings (SSSR count). The maximum absolute atomic E-state index is 12.8. The lowest BCUT2D eigenvalue weighted by Gasteiger charge is -2.20. The SMILES string of the molecule is COc1ccc(NC(C)=O)cc1NC(=O)C1=NN(c2ccccc2)C(C(N)=O)C1. The van der Waals surface area contributed by atoms with Crippen LogP contribution in [0.5, 0.6) is 5.75 Å². The largest absolute Gasteiger partial charge is 0.495 e. The van der Waals surface area contributed by atoms with Gasteiger partial charge in [-0.25, -0.2) is 0 Å². The average molecular weight is 395 g/mol. The molecule has 9 nitrogen and oxygen atoms in total. The molecule has 3 amide bonds. The van der Waals surface area contributed by atoms with Crippen LogP contribution in [-0.2, 0) is 14.4 Å². The Labute approximate surface area is 167 Å². The van der Waals surface area contributed by atoms with Crippen LogP contribution in [0.2, 0.25) is 0 Å². The number of carbonyl (C=O) groups is 3. The quantitative estimate of drug-likeness (QED) is 0.686. The zero-order valence-electron chi connectivity index (χ0n) is 16.0. The number of primary amides is 1. The molecule has 0 aliphatic carbocycles. The van der Waals surface area contributed by atoms with Gasteiger partial charge in [0, 0.05) is 19.0 Å². The Morgan fingerprint density at radius 2 is 1.86 bits per heavy atom. The molecule has 1 aliphatic heterocycles. The minimum atomic E-state index is -0.759. The lowest BCUT2D eigenvalue weighted by atomic mass is 10.1. The molecule has 2 aromatic carbocycles. The van der Waals surface area contributed by atoms with Crippen LogP contribution in [-0.4, -0.2) is 36.6 Å². The highest BCUT2D eigenvalue weighted by atomic mass is 16.5. The second-order valence-electron chi connectivity index (χ2n) is 6.40. The van der Waals surface area contributed by atoms with Crippen LogP contribution in [0.3, 0.4) is 0 Å². The summed E-state index contributed by atoms with van der Waals surface area (Å²) in [4.78, 5) is 36.0. The second-order valence-corrected chi connectivity index (χ2v) is 6.40. The Bertz CT molecular complexity index is 974. The number of hydrogen-bond acceptors (Lipinski definition) is 6. The van der Waals surface area contributed by atoms with E-state index in [-0.39, 0.29) is 18.0 Å². The van der Waals surface area contributed by atoms with Crippen molar-refractivity contribution in [3.63, 3.8) is 0 Å². The zero-order valence-corrected chi connectivity index (χ0v) is 16.0. The number of hydrazone groups is 1. The van der Waals surface area contributed by atoms with Crippen LogP contribution in [0.1, 0.15) is 13.3 Å². The number of methoxy groups -OCH3 is 1. The van der Waals surface area contributed by atoms with Gasteiger partial charge < -0.3 is 21.1 Å². The van der Waals surface area contributed by atoms with Crippen LogP contribution >= 0.6 is 0 Å². The number of nitrogens with zero attached hydrogens (tertiary/aromatic N) is 2. The molecule has 0 saturated heterocycles. The van der Waals surface area contributed by atoms with E-state index in [1.54, 1.807) is 42.5 Å². The van der Waals surface area contributed by atoms with Gasteiger partial charge in [0.1, 0.15) is 17.5 Å². The fraction of sp³-hybridized carbons (Fsp3) is 0.200. The van der Waals surface area contributed by atoms with E-state index < -0.39 is 17.9 Å². The number of rotatable bonds is 6. The minimum Gasteiger partial charge on any atom is -0.495 e. The number of amides is 3. The number of ether oxygens (including phenoxy) is 1. The number of para-hydroxylation sites is 1. The number of anilines is 3. The van der Waals surface area contributed by atoms with E-state index in [2.05, 4.69) is 15.7 Å². The monoisotopic (exact) mass is 395 g/mol. The summed E-state index contributed by atoms with van der Waals surface area (Å²) >= 11 is 0. The molecule has 0 fully saturated rings. The molecule has 29 heavy (non-hydrogen) atoms. The van der Waals surface area contributed by atoms with E-state index in [0.29, 0.717) is 22.8 Å². The predicted octanol–water partition coefficient (Wildman–Crippen LogP) is 1.71. The number of nitrogens with two attached hydrogens (primary N) is 1. The number of carbonyl (C=O) groups excluding carboxylic acids is 3. The highest BCUT2D eigenvalue weighted by Gasteiger charge is 2.35. The van der Waals surface area contributed by atoms with Crippen molar-refractivity contribution >= 4 is 40.5 Å². The van der Waals surface area contributed by atoms with Crippen molar-refractivity contribution in [2.45, 2.75) is 19.4 Å². The first-order valence-electron chi connectivity index (χ1n) is 8.87. The van der Waals surface area contributed by atoms with Gasteiger partial charge in [-0.3, -0.25) is 19.4 Å². The number of benzene rings is 2. The fourth-order valence-corrected chi connectivity index (χ4v) is 2.97. The molecule has 0 aromatic heterocycles. The standard InChI is InChI=1S/C20H21N5O4/c1-12(26)22-13-8-9-18(29-2)15(10-13)23-20(28)16-11-17(19(21)27)25(24-16)14-6-4-3-5-7-14/h3-10,17H,11H2,1-2H3,(H2,21,27)(H,22,26)(H,23,28). The summed E-state index contributed by atoms with van der Waals surface area (Å²) in [5.74, 6) is -0.897. The van der Waals surface area contributed by atoms with Crippen molar-refractivity contribution in [1.82, 2.24) is 0 Å². The van der Waals surface area contributed by atoms with Crippen molar-refractivity contribution in [3.05, 3.63) is 48.5 Å². The molecule has 0 radical (unpaired) electrons. The van der Waals surface area contributed by atoms with E-state index in [1.165, 1.54) is 19.0 Å². The molecule has 1 heterocycles. The van der Waals surface area contributed by atoms with Crippen molar-refractivity contribution in [3.8, 4) is 5.75 Å². The molecule has 4 N–H and O–H groups in total. The van der Waals surface area contributed by atoms with Gasteiger partial charge in [-0.2, -0.15) is 5.10 Å². The van der Waals surface area contributed by atoms with Crippen LogP contribution in [0.25, 0.3) is 0 Å². The fourth-order valence-electron chi connectivity index (χ4n) is 2.97. The summed E-state index contributed by atoms with van der Waals surface area (Å²) in [6.07, 6.45) is 0.0732. The van der Waals surface area contributed by atoms with Gasteiger partial charge in [0.2, 0.25) is 11.8 Å². The summed E-state index contributed by atoms with van der Waals surface area (Å²) in [5, 5.41) is 11.1. The Hall–Kier alpha value is -3.88. The highest BCUT2D eigenvalue weighted by Crippen LogP contribution is 2.29. The van der Waals surface area contributed by atoms with E-state index in [9.17, 15) is 14.4 Å². The second kappa shape index (κ2) is 8.42. The maximum Gasteiger partial charge on any atom is 0.272 e. The molecule has 0 spiro atoms. The van der Waals surface area contributed by atoms with Gasteiger partial charge in [-0.15, -0.1) is 0 Å². The van der Waals surface area contributed by atoms with E-state index in [4.69, 9.17) is 10.5 Å². The third-order valence-corrected chi connectivity index (χ3v) is 4.29. The molecule has 150 valence electrons. The van der Waals surface area contributed by atoms with Crippen molar-refractivity contribution in [2.24, 2.45) is 10.8 Å². The van der Waals surface area contributed by atoms with Gasteiger partial charge in [0.05, 0.1) is 18.5 Å². The number of nitrogens with one attached hydrogen (secondary N) is 2. The summed E-state index contributed by atoms with van der Waals surface area (Å²) in [5.41, 5.74) is 7.18. The Balaban J connectivity index is 1.85. The van der Waals surface area contributed by atoms with Gasteiger partial charge in [-0.1, -0.05) is 18.2 Å². The lowest BCUT2D eigenvalue weighted by molar-refractivity contribution is -0.119. The minimum absolute atomic E-state index is 0.0732. The Morgan fingerprint density at radius 1 is 1.14 bits per heavy atom. The molecular formula is C20H21N5O4. The van der Waals surface area contributed by atoms with Crippen LogP contribution in [0, 0.1) is 0 Å². The summed E-state index contributed by atoms with van der Waals surface area (Å²) < 4.78 is 5.27. The first-order chi connectivity index (χ1) is 13.9. The third kappa shape index (κ3) is 4.52. The molecule has 2 aromatic rings. The topological polar surface area (TPSA) is 126 Å². The Kier molecular flexibility index (Phi) is 5.77. The number of hydrogen-bond donors (Lipinski definition) is 3. The van der Waals surface area contributed by atoms with Gasteiger partial charge >= 0.3 is 0 Å². The van der Waals surface area contributed by atoms with E-state index >= 15 is 0 Å². The molecule has 0 saturated carbocycles.